The average molecular weight is 353 g/mol. The third kappa shape index (κ3) is 4.73. The van der Waals surface area contributed by atoms with E-state index in [4.69, 9.17) is 5.73 Å². The topological polar surface area (TPSA) is 38.0 Å². The Morgan fingerprint density at radius 2 is 1.25 bits per heavy atom. The number of nitrogen functional groups attached to an aromatic ring is 1. The maximum absolute atomic E-state index is 5.99. The Labute approximate surface area is 151 Å². The van der Waals surface area contributed by atoms with Crippen molar-refractivity contribution in [3.05, 3.63) is 78.9 Å². The number of anilines is 3. The highest BCUT2D eigenvalue weighted by Gasteiger charge is 2.04. The van der Waals surface area contributed by atoms with Crippen LogP contribution in [0.15, 0.2) is 88.7 Å². The average Bonchev–Trinajstić information content (AvgIpc) is 2.62. The lowest BCUT2D eigenvalue weighted by Crippen LogP contribution is -1.93. The predicted molar refractivity (Wildman–Crippen MR) is 108 cm³/mol. The van der Waals surface area contributed by atoms with Gasteiger partial charge in [0.05, 0.1) is 5.69 Å². The van der Waals surface area contributed by atoms with Gasteiger partial charge in [0.15, 0.2) is 0 Å². The molecule has 3 rings (SSSR count). The van der Waals surface area contributed by atoms with Crippen molar-refractivity contribution in [2.45, 2.75) is 9.79 Å². The molecule has 0 saturated heterocycles. The summed E-state index contributed by atoms with van der Waals surface area (Å²) in [5.41, 5.74) is 9.11. The molecule has 24 heavy (non-hydrogen) atoms. The van der Waals surface area contributed by atoms with Crippen LogP contribution in [-0.4, -0.2) is 11.5 Å². The highest BCUT2D eigenvalue weighted by Crippen LogP contribution is 2.31. The van der Waals surface area contributed by atoms with Gasteiger partial charge in [-0.2, -0.15) is 0 Å². The smallest absolute Gasteiger partial charge is 0.0522 e. The zero-order chi connectivity index (χ0) is 16.6. The highest BCUT2D eigenvalue weighted by atomic mass is 32.2. The number of nitrogens with two attached hydrogens (primary N) is 1. The van der Waals surface area contributed by atoms with E-state index in [1.807, 2.05) is 59.9 Å². The molecule has 2 nitrogen and oxygen atoms in total. The van der Waals surface area contributed by atoms with Gasteiger partial charge in [0.2, 0.25) is 0 Å². The Bertz CT molecular complexity index is 775. The molecule has 122 valence electrons. The van der Waals surface area contributed by atoms with Crippen molar-refractivity contribution in [1.82, 2.24) is 0 Å². The lowest BCUT2D eigenvalue weighted by molar-refractivity contribution is 1.39. The molecule has 0 bridgehead atoms. The van der Waals surface area contributed by atoms with E-state index in [1.165, 1.54) is 4.90 Å². The molecule has 0 radical (unpaired) electrons. The van der Waals surface area contributed by atoms with E-state index >= 15 is 0 Å². The molecule has 0 aliphatic heterocycles. The molecule has 3 N–H and O–H groups in total. The molecular formula is C20H20N2S2. The molecule has 0 aliphatic carbocycles. The molecular weight excluding hydrogens is 332 g/mol. The first kappa shape index (κ1) is 16.8. The summed E-state index contributed by atoms with van der Waals surface area (Å²) in [5, 5.41) is 3.49. The third-order valence-electron chi connectivity index (χ3n) is 3.46. The van der Waals surface area contributed by atoms with E-state index in [0.29, 0.717) is 0 Å². The van der Waals surface area contributed by atoms with E-state index < -0.39 is 0 Å². The highest BCUT2D eigenvalue weighted by molar-refractivity contribution is 8.03. The summed E-state index contributed by atoms with van der Waals surface area (Å²) >= 11 is 3.68. The van der Waals surface area contributed by atoms with Gasteiger partial charge in [-0.05, 0) is 36.4 Å². The van der Waals surface area contributed by atoms with Crippen LogP contribution in [0.4, 0.5) is 17.1 Å². The minimum Gasteiger partial charge on any atom is -0.398 e. The number of para-hydroxylation sites is 3. The van der Waals surface area contributed by atoms with Gasteiger partial charge in [0.25, 0.3) is 0 Å². The van der Waals surface area contributed by atoms with Gasteiger partial charge in [-0.1, -0.05) is 42.5 Å². The quantitative estimate of drug-likeness (QED) is 0.315. The van der Waals surface area contributed by atoms with E-state index in [1.54, 1.807) is 0 Å². The molecule has 3 aromatic rings. The monoisotopic (exact) mass is 352 g/mol. The van der Waals surface area contributed by atoms with E-state index in [-0.39, 0.29) is 0 Å². The number of hydrogen-bond donors (Lipinski definition) is 2. The Morgan fingerprint density at radius 3 is 2.00 bits per heavy atom. The van der Waals surface area contributed by atoms with E-state index in [9.17, 15) is 0 Å². The van der Waals surface area contributed by atoms with Crippen molar-refractivity contribution in [3.8, 4) is 0 Å². The zero-order valence-electron chi connectivity index (χ0n) is 13.3. The number of nitrogens with one attached hydrogen (secondary N) is 1. The Morgan fingerprint density at radius 1 is 0.667 bits per heavy atom. The second-order valence-corrected chi connectivity index (χ2v) is 7.50. The maximum atomic E-state index is 5.99. The van der Waals surface area contributed by atoms with Crippen LogP contribution in [0.1, 0.15) is 0 Å². The fraction of sp³-hybridized carbons (Fsp3) is 0.100. The van der Waals surface area contributed by atoms with E-state index in [0.717, 1.165) is 33.5 Å². The van der Waals surface area contributed by atoms with Crippen LogP contribution < -0.4 is 11.1 Å². The first-order valence-electron chi connectivity index (χ1n) is 7.84. The van der Waals surface area contributed by atoms with Crippen LogP contribution in [-0.2, 0) is 0 Å². The zero-order valence-corrected chi connectivity index (χ0v) is 14.9. The van der Waals surface area contributed by atoms with Crippen LogP contribution in [0.3, 0.4) is 0 Å². The summed E-state index contributed by atoms with van der Waals surface area (Å²) in [4.78, 5) is 2.43. The molecule has 4 heteroatoms. The van der Waals surface area contributed by atoms with Gasteiger partial charge in [-0.15, -0.1) is 23.5 Å². The molecule has 3 aromatic carbocycles. The molecule has 0 atom stereocenters. The summed E-state index contributed by atoms with van der Waals surface area (Å²) in [5.74, 6) is 2.06. The van der Waals surface area contributed by atoms with Gasteiger partial charge in [0, 0.05) is 32.7 Å². The second kappa shape index (κ2) is 8.71. The first-order valence-corrected chi connectivity index (χ1v) is 9.81. The van der Waals surface area contributed by atoms with Crippen molar-refractivity contribution >= 4 is 40.6 Å². The summed E-state index contributed by atoms with van der Waals surface area (Å²) < 4.78 is 0. The molecule has 0 aliphatic rings. The normalized spacial score (nSPS) is 10.5. The standard InChI is InChI=1S/C20H20N2S2/c21-17-10-4-6-12-19(17)23-14-15-24-20-13-7-5-11-18(20)22-16-8-2-1-3-9-16/h1-13,22H,14-15,21H2. The number of benzene rings is 3. The van der Waals surface area contributed by atoms with Crippen LogP contribution in [0.25, 0.3) is 0 Å². The number of thioether (sulfide) groups is 2. The minimum absolute atomic E-state index is 0.860. The summed E-state index contributed by atoms with van der Waals surface area (Å²) in [6.45, 7) is 0. The molecule has 0 spiro atoms. The van der Waals surface area contributed by atoms with Crippen LogP contribution in [0.2, 0.25) is 0 Å². The van der Waals surface area contributed by atoms with Crippen molar-refractivity contribution in [1.29, 1.82) is 0 Å². The van der Waals surface area contributed by atoms with Gasteiger partial charge < -0.3 is 11.1 Å². The summed E-state index contributed by atoms with van der Waals surface area (Å²) in [7, 11) is 0. The predicted octanol–water partition coefficient (Wildman–Crippen LogP) is 5.90. The van der Waals surface area contributed by atoms with Gasteiger partial charge in [0.1, 0.15) is 0 Å². The minimum atomic E-state index is 0.860. The SMILES string of the molecule is Nc1ccccc1SCCSc1ccccc1Nc1ccccc1. The fourth-order valence-electron chi connectivity index (χ4n) is 2.29. The molecule has 0 heterocycles. The first-order chi connectivity index (χ1) is 11.8. The van der Waals surface area contributed by atoms with Crippen molar-refractivity contribution in [3.63, 3.8) is 0 Å². The summed E-state index contributed by atoms with van der Waals surface area (Å²) in [6.07, 6.45) is 0. The number of rotatable bonds is 7. The van der Waals surface area contributed by atoms with Gasteiger partial charge >= 0.3 is 0 Å². The van der Waals surface area contributed by atoms with Crippen LogP contribution in [0, 0.1) is 0 Å². The molecule has 0 amide bonds. The van der Waals surface area contributed by atoms with Crippen LogP contribution >= 0.6 is 23.5 Å². The van der Waals surface area contributed by atoms with Gasteiger partial charge in [-0.3, -0.25) is 0 Å². The fourth-order valence-corrected chi connectivity index (χ4v) is 4.25. The van der Waals surface area contributed by atoms with Crippen LogP contribution in [0.5, 0.6) is 0 Å². The largest absolute Gasteiger partial charge is 0.398 e. The Balaban J connectivity index is 1.57. The number of hydrogen-bond acceptors (Lipinski definition) is 4. The van der Waals surface area contributed by atoms with Crippen molar-refractivity contribution < 1.29 is 0 Å². The maximum Gasteiger partial charge on any atom is 0.0522 e. The van der Waals surface area contributed by atoms with Crippen molar-refractivity contribution in [2.75, 3.05) is 22.6 Å². The lowest BCUT2D eigenvalue weighted by Gasteiger charge is -2.12. The molecule has 0 aromatic heterocycles. The Hall–Kier alpha value is -2.04. The summed E-state index contributed by atoms with van der Waals surface area (Å²) in [6, 6.07) is 26.7. The Kier molecular flexibility index (Phi) is 6.10. The van der Waals surface area contributed by atoms with Gasteiger partial charge in [-0.25, -0.2) is 0 Å². The third-order valence-corrected chi connectivity index (χ3v) is 5.88. The molecule has 0 saturated carbocycles. The van der Waals surface area contributed by atoms with Crippen molar-refractivity contribution in [2.24, 2.45) is 0 Å². The van der Waals surface area contributed by atoms with E-state index in [2.05, 4.69) is 47.8 Å². The lowest BCUT2D eigenvalue weighted by atomic mass is 10.3. The molecule has 0 unspecified atom stereocenters. The second-order valence-electron chi connectivity index (χ2n) is 5.22. The molecule has 0 fully saturated rings.